The first kappa shape index (κ1) is 20.3. The van der Waals surface area contributed by atoms with Crippen molar-refractivity contribution in [3.8, 4) is 5.75 Å². The molecule has 6 nitrogen and oxygen atoms in total. The van der Waals surface area contributed by atoms with E-state index in [1.54, 1.807) is 18.1 Å². The van der Waals surface area contributed by atoms with E-state index in [-0.39, 0.29) is 12.0 Å². The molecule has 7 heteroatoms. The monoisotopic (exact) mass is 414 g/mol. The summed E-state index contributed by atoms with van der Waals surface area (Å²) < 4.78 is 0. The van der Waals surface area contributed by atoms with E-state index in [1.807, 2.05) is 29.3 Å². The Kier molecular flexibility index (Phi) is 6.47. The van der Waals surface area contributed by atoms with E-state index < -0.39 is 0 Å². The number of hydrogen-bond acceptors (Lipinski definition) is 7. The Morgan fingerprint density at radius 3 is 2.90 bits per heavy atom. The van der Waals surface area contributed by atoms with Gasteiger partial charge < -0.3 is 20.2 Å². The van der Waals surface area contributed by atoms with Crippen molar-refractivity contribution in [3.05, 3.63) is 52.2 Å². The number of aliphatic hydroxyl groups excluding tert-OH is 1. The van der Waals surface area contributed by atoms with Gasteiger partial charge >= 0.3 is 0 Å². The van der Waals surface area contributed by atoms with E-state index in [1.165, 1.54) is 17.6 Å². The van der Waals surface area contributed by atoms with Crippen LogP contribution in [0.1, 0.15) is 38.7 Å². The first-order valence-electron chi connectivity index (χ1n) is 10.4. The molecule has 1 unspecified atom stereocenters. The lowest BCUT2D eigenvalue weighted by Crippen LogP contribution is -2.45. The Hall–Kier alpha value is -1.96. The van der Waals surface area contributed by atoms with Crippen LogP contribution in [0.25, 0.3) is 0 Å². The molecule has 3 aliphatic rings. The summed E-state index contributed by atoms with van der Waals surface area (Å²) in [5.74, 6) is 1.80. The Morgan fingerprint density at radius 1 is 1.31 bits per heavy atom. The molecule has 1 saturated heterocycles. The van der Waals surface area contributed by atoms with E-state index >= 15 is 0 Å². The molecule has 4 rings (SSSR count). The third-order valence-corrected chi connectivity index (χ3v) is 6.77. The highest BCUT2D eigenvalue weighted by Crippen LogP contribution is 2.42. The zero-order chi connectivity index (χ0) is 20.2. The van der Waals surface area contributed by atoms with Gasteiger partial charge in [-0.25, -0.2) is 4.99 Å². The van der Waals surface area contributed by atoms with Crippen molar-refractivity contribution in [1.82, 2.24) is 15.3 Å². The molecule has 3 aliphatic heterocycles. The minimum absolute atomic E-state index is 0.00248. The third-order valence-electron chi connectivity index (χ3n) is 5.58. The molecule has 1 fully saturated rings. The molecular weight excluding hydrogens is 384 g/mol. The lowest BCUT2D eigenvalue weighted by Gasteiger charge is -2.38. The van der Waals surface area contributed by atoms with Gasteiger partial charge in [0.15, 0.2) is 5.75 Å². The van der Waals surface area contributed by atoms with Crippen LogP contribution in [-0.2, 0) is 6.61 Å². The molecule has 0 radical (unpaired) electrons. The molecule has 1 atom stereocenters. The topological polar surface area (TPSA) is 60.3 Å². The van der Waals surface area contributed by atoms with Crippen LogP contribution in [0, 0.1) is 0 Å². The van der Waals surface area contributed by atoms with Gasteiger partial charge in [-0.05, 0) is 61.4 Å². The van der Waals surface area contributed by atoms with Gasteiger partial charge in [-0.15, -0.1) is 11.8 Å². The average Bonchev–Trinajstić information content (AvgIpc) is 3.15. The Bertz CT molecular complexity index is 815. The molecule has 1 aromatic rings. The predicted octanol–water partition coefficient (Wildman–Crippen LogP) is 3.47. The fraction of sp³-hybridized carbons (Fsp3) is 0.500. The number of fused-ring (bicyclic) bond motifs is 1. The molecule has 0 aromatic heterocycles. The molecule has 29 heavy (non-hydrogen) atoms. The van der Waals surface area contributed by atoms with Gasteiger partial charge in [0.25, 0.3) is 0 Å². The lowest BCUT2D eigenvalue weighted by atomic mass is 10.0. The molecule has 0 spiro atoms. The van der Waals surface area contributed by atoms with Gasteiger partial charge in [0, 0.05) is 24.7 Å². The normalized spacial score (nSPS) is 22.2. The number of hydrogen-bond donors (Lipinski definition) is 2. The van der Waals surface area contributed by atoms with Gasteiger partial charge in [-0.1, -0.05) is 19.1 Å². The van der Waals surface area contributed by atoms with Crippen LogP contribution >= 0.6 is 11.8 Å². The quantitative estimate of drug-likeness (QED) is 0.713. The second-order valence-electron chi connectivity index (χ2n) is 7.74. The molecule has 0 amide bonds. The van der Waals surface area contributed by atoms with Crippen molar-refractivity contribution in [2.24, 2.45) is 4.99 Å². The molecular formula is C22H30N4O2S. The summed E-state index contributed by atoms with van der Waals surface area (Å²) in [5, 5.41) is 17.1. The van der Waals surface area contributed by atoms with Gasteiger partial charge in [0.1, 0.15) is 17.5 Å². The van der Waals surface area contributed by atoms with Crippen LogP contribution in [0.15, 0.2) is 51.6 Å². The summed E-state index contributed by atoms with van der Waals surface area (Å²) >= 11 is 1.75. The average molecular weight is 415 g/mol. The van der Waals surface area contributed by atoms with E-state index in [0.29, 0.717) is 11.8 Å². The second kappa shape index (κ2) is 9.24. The number of piperidine rings is 1. The zero-order valence-electron chi connectivity index (χ0n) is 17.2. The van der Waals surface area contributed by atoms with Gasteiger partial charge in [0.05, 0.1) is 6.61 Å². The fourth-order valence-corrected chi connectivity index (χ4v) is 5.10. The minimum atomic E-state index is 0.00248. The number of nitrogens with one attached hydrogen (secondary N) is 1. The predicted molar refractivity (Wildman–Crippen MR) is 118 cm³/mol. The van der Waals surface area contributed by atoms with Crippen molar-refractivity contribution >= 4 is 18.1 Å². The van der Waals surface area contributed by atoms with Crippen LogP contribution < -0.4 is 10.2 Å². The number of rotatable bonds is 7. The second-order valence-corrected chi connectivity index (χ2v) is 8.70. The van der Waals surface area contributed by atoms with Crippen molar-refractivity contribution in [2.75, 3.05) is 19.6 Å². The number of nitrogens with zero attached hydrogens (tertiary/aromatic N) is 3. The highest BCUT2D eigenvalue weighted by atomic mass is 32.2. The van der Waals surface area contributed by atoms with Crippen LogP contribution in [0.3, 0.4) is 0 Å². The number of aliphatic hydroxyl groups is 1. The molecule has 3 heterocycles. The fourth-order valence-electron chi connectivity index (χ4n) is 4.00. The van der Waals surface area contributed by atoms with Crippen molar-refractivity contribution in [3.63, 3.8) is 0 Å². The SMILES string of the molecule is CCCNC1CCN(C2=C3C(C)=CSC3N(Oc3cccc(CO)c3)C=N2)CC1. The van der Waals surface area contributed by atoms with E-state index in [4.69, 9.17) is 9.83 Å². The van der Waals surface area contributed by atoms with Gasteiger partial charge in [0.2, 0.25) is 0 Å². The maximum absolute atomic E-state index is 9.37. The van der Waals surface area contributed by atoms with Crippen molar-refractivity contribution in [1.29, 1.82) is 0 Å². The smallest absolute Gasteiger partial charge is 0.155 e. The van der Waals surface area contributed by atoms with Crippen molar-refractivity contribution in [2.45, 2.75) is 51.1 Å². The van der Waals surface area contributed by atoms with Crippen molar-refractivity contribution < 1.29 is 9.94 Å². The van der Waals surface area contributed by atoms with Crippen LogP contribution in [0.5, 0.6) is 5.75 Å². The van der Waals surface area contributed by atoms with E-state index in [0.717, 1.165) is 43.9 Å². The first-order valence-corrected chi connectivity index (χ1v) is 11.4. The number of aliphatic imine (C=N–C) groups is 1. The molecule has 0 bridgehead atoms. The maximum Gasteiger partial charge on any atom is 0.155 e. The number of benzene rings is 1. The van der Waals surface area contributed by atoms with E-state index in [9.17, 15) is 5.11 Å². The maximum atomic E-state index is 9.37. The summed E-state index contributed by atoms with van der Waals surface area (Å²) in [4.78, 5) is 13.4. The summed E-state index contributed by atoms with van der Waals surface area (Å²) in [6.45, 7) is 7.53. The molecule has 0 aliphatic carbocycles. The molecule has 156 valence electrons. The lowest BCUT2D eigenvalue weighted by molar-refractivity contribution is 0.0210. The third kappa shape index (κ3) is 4.47. The van der Waals surface area contributed by atoms with Gasteiger partial charge in [-0.2, -0.15) is 5.06 Å². The summed E-state index contributed by atoms with van der Waals surface area (Å²) in [6, 6.07) is 8.16. The van der Waals surface area contributed by atoms with E-state index in [2.05, 4.69) is 29.5 Å². The number of hydroxylamine groups is 2. The molecule has 1 aromatic carbocycles. The molecule has 2 N–H and O–H groups in total. The Balaban J connectivity index is 1.47. The summed E-state index contributed by atoms with van der Waals surface area (Å²) in [7, 11) is 0. The Morgan fingerprint density at radius 2 is 2.14 bits per heavy atom. The minimum Gasteiger partial charge on any atom is -0.392 e. The van der Waals surface area contributed by atoms with Crippen LogP contribution in [0.4, 0.5) is 0 Å². The van der Waals surface area contributed by atoms with Crippen LogP contribution in [-0.4, -0.2) is 52.5 Å². The number of likely N-dealkylation sites (tertiary alicyclic amines) is 1. The zero-order valence-corrected chi connectivity index (χ0v) is 18.0. The van der Waals surface area contributed by atoms with Crippen LogP contribution in [0.2, 0.25) is 0 Å². The van der Waals surface area contributed by atoms with Gasteiger partial charge in [-0.3, -0.25) is 0 Å². The Labute approximate surface area is 177 Å². The standard InChI is InChI=1S/C22H30N4O2S/c1-3-9-23-18-7-10-25(11-8-18)21-20-16(2)14-29-22(20)26(15-24-21)28-19-6-4-5-17(12-19)13-27/h4-6,12,14-15,18,22-23,27H,3,7-11,13H2,1-2H3. The highest BCUT2D eigenvalue weighted by molar-refractivity contribution is 8.03. The summed E-state index contributed by atoms with van der Waals surface area (Å²) in [5.41, 5.74) is 3.34. The highest BCUT2D eigenvalue weighted by Gasteiger charge is 2.36. The number of thioether (sulfide) groups is 1. The largest absolute Gasteiger partial charge is 0.392 e. The summed E-state index contributed by atoms with van der Waals surface area (Å²) in [6.07, 6.45) is 5.29. The first-order chi connectivity index (χ1) is 14.2. The molecule has 0 saturated carbocycles.